The smallest absolute Gasteiger partial charge is 0.287 e. The number of carbonyl (C=O) groups is 1. The number of hydrogen-bond donors (Lipinski definition) is 1. The Morgan fingerprint density at radius 1 is 1.29 bits per heavy atom. The van der Waals surface area contributed by atoms with E-state index in [1.807, 2.05) is 26.0 Å². The fraction of sp³-hybridized carbons (Fsp3) is 0.450. The Labute approximate surface area is 168 Å². The highest BCUT2D eigenvalue weighted by atomic mass is 35.5. The number of fused-ring (bicyclic) bond motifs is 2. The van der Waals surface area contributed by atoms with Crippen LogP contribution in [0.5, 0.6) is 0 Å². The standard InChI is InChI=1S/C20H24ClN5O2/c1-12-4-5-16(13(2)6-12)23-18(27)11-26-14-7-15(26)10-25(9-14)17-8-22-24(3)20(28)19(17)21/h4-6,8,14-15H,7,9-11H2,1-3H3,(H,23,27). The predicted molar refractivity (Wildman–Crippen MR) is 110 cm³/mol. The zero-order chi connectivity index (χ0) is 20.0. The van der Waals surface area contributed by atoms with Crippen LogP contribution in [0.15, 0.2) is 29.2 Å². The second-order valence-corrected chi connectivity index (χ2v) is 8.14. The molecule has 1 amide bonds. The maximum Gasteiger partial charge on any atom is 0.287 e. The molecule has 2 aromatic rings. The van der Waals surface area contributed by atoms with Crippen molar-refractivity contribution in [1.29, 1.82) is 0 Å². The molecule has 3 fully saturated rings. The Kier molecular flexibility index (Phi) is 4.89. The highest BCUT2D eigenvalue weighted by Crippen LogP contribution is 2.35. The van der Waals surface area contributed by atoms with Crippen molar-refractivity contribution < 1.29 is 4.79 Å². The van der Waals surface area contributed by atoms with E-state index in [1.165, 1.54) is 10.2 Å². The minimum Gasteiger partial charge on any atom is -0.366 e. The van der Waals surface area contributed by atoms with E-state index in [4.69, 9.17) is 11.6 Å². The first-order valence-electron chi connectivity index (χ1n) is 9.43. The van der Waals surface area contributed by atoms with Crippen LogP contribution in [0.25, 0.3) is 0 Å². The number of carbonyl (C=O) groups excluding carboxylic acids is 1. The normalized spacial score (nSPS) is 21.4. The topological polar surface area (TPSA) is 70.5 Å². The van der Waals surface area contributed by atoms with Crippen LogP contribution in [-0.4, -0.2) is 52.3 Å². The van der Waals surface area contributed by atoms with Gasteiger partial charge in [-0.25, -0.2) is 4.68 Å². The number of amides is 1. The van der Waals surface area contributed by atoms with Crippen LogP contribution in [0, 0.1) is 13.8 Å². The largest absolute Gasteiger partial charge is 0.366 e. The molecule has 2 unspecified atom stereocenters. The van der Waals surface area contributed by atoms with E-state index in [-0.39, 0.29) is 28.6 Å². The van der Waals surface area contributed by atoms with Gasteiger partial charge in [0.05, 0.1) is 18.4 Å². The Hall–Kier alpha value is -2.38. The average molecular weight is 402 g/mol. The van der Waals surface area contributed by atoms with Crippen molar-refractivity contribution in [2.24, 2.45) is 7.05 Å². The minimum atomic E-state index is -0.289. The zero-order valence-electron chi connectivity index (χ0n) is 16.3. The third kappa shape index (κ3) is 3.40. The number of hydrogen-bond acceptors (Lipinski definition) is 5. The quantitative estimate of drug-likeness (QED) is 0.848. The molecule has 3 aliphatic heterocycles. The van der Waals surface area contributed by atoms with Gasteiger partial charge < -0.3 is 10.2 Å². The Morgan fingerprint density at radius 2 is 2.00 bits per heavy atom. The highest BCUT2D eigenvalue weighted by Gasteiger charge is 2.45. The lowest BCUT2D eigenvalue weighted by molar-refractivity contribution is -0.121. The molecule has 0 saturated carbocycles. The SMILES string of the molecule is Cc1ccc(NC(=O)CN2C3CC2CN(c2cnn(C)c(=O)c2Cl)C3)c(C)c1. The van der Waals surface area contributed by atoms with Crippen LogP contribution in [0.2, 0.25) is 5.02 Å². The predicted octanol–water partition coefficient (Wildman–Crippen LogP) is 1.95. The van der Waals surface area contributed by atoms with Gasteiger partial charge >= 0.3 is 0 Å². The van der Waals surface area contributed by atoms with Gasteiger partial charge in [-0.05, 0) is 31.9 Å². The van der Waals surface area contributed by atoms with Crippen molar-refractivity contribution >= 4 is 28.9 Å². The van der Waals surface area contributed by atoms with Gasteiger partial charge in [-0.2, -0.15) is 5.10 Å². The van der Waals surface area contributed by atoms with Gasteiger partial charge in [0.25, 0.3) is 5.56 Å². The second-order valence-electron chi connectivity index (χ2n) is 7.76. The molecule has 7 nitrogen and oxygen atoms in total. The van der Waals surface area contributed by atoms with Crippen molar-refractivity contribution in [3.63, 3.8) is 0 Å². The fourth-order valence-electron chi connectivity index (χ4n) is 4.17. The van der Waals surface area contributed by atoms with Crippen LogP contribution >= 0.6 is 11.6 Å². The molecule has 5 rings (SSSR count). The highest BCUT2D eigenvalue weighted by molar-refractivity contribution is 6.33. The van der Waals surface area contributed by atoms with Crippen molar-refractivity contribution in [2.45, 2.75) is 32.4 Å². The summed E-state index contributed by atoms with van der Waals surface area (Å²) in [4.78, 5) is 28.9. The van der Waals surface area contributed by atoms with E-state index in [2.05, 4.69) is 26.3 Å². The zero-order valence-corrected chi connectivity index (χ0v) is 17.0. The van der Waals surface area contributed by atoms with Crippen molar-refractivity contribution in [3.05, 3.63) is 50.9 Å². The molecule has 1 aromatic carbocycles. The van der Waals surface area contributed by atoms with Gasteiger partial charge in [-0.1, -0.05) is 29.3 Å². The summed E-state index contributed by atoms with van der Waals surface area (Å²) in [6.45, 7) is 5.89. The monoisotopic (exact) mass is 401 g/mol. The van der Waals surface area contributed by atoms with E-state index in [9.17, 15) is 9.59 Å². The summed E-state index contributed by atoms with van der Waals surface area (Å²) < 4.78 is 1.24. The second kappa shape index (κ2) is 7.22. The van der Waals surface area contributed by atoms with E-state index in [1.54, 1.807) is 13.2 Å². The summed E-state index contributed by atoms with van der Waals surface area (Å²) >= 11 is 6.24. The molecule has 4 heterocycles. The average Bonchev–Trinajstić information content (AvgIpc) is 2.66. The van der Waals surface area contributed by atoms with Crippen molar-refractivity contribution in [2.75, 3.05) is 29.9 Å². The summed E-state index contributed by atoms with van der Waals surface area (Å²) in [6.07, 6.45) is 2.70. The van der Waals surface area contributed by atoms with Gasteiger partial charge in [-0.15, -0.1) is 0 Å². The van der Waals surface area contributed by atoms with Crippen LogP contribution in [-0.2, 0) is 11.8 Å². The van der Waals surface area contributed by atoms with Crippen LogP contribution in [0.1, 0.15) is 17.5 Å². The molecule has 148 valence electrons. The first kappa shape index (κ1) is 19.0. The summed E-state index contributed by atoms with van der Waals surface area (Å²) in [5.74, 6) is 0.00313. The number of aryl methyl sites for hydroxylation is 3. The van der Waals surface area contributed by atoms with Crippen molar-refractivity contribution in [1.82, 2.24) is 14.7 Å². The molecule has 2 atom stereocenters. The molecule has 3 aliphatic rings. The third-order valence-electron chi connectivity index (χ3n) is 5.73. The summed E-state index contributed by atoms with van der Waals surface area (Å²) in [6, 6.07) is 6.58. The Balaban J connectivity index is 1.39. The number of anilines is 2. The van der Waals surface area contributed by atoms with E-state index >= 15 is 0 Å². The summed E-state index contributed by atoms with van der Waals surface area (Å²) in [7, 11) is 1.59. The molecule has 28 heavy (non-hydrogen) atoms. The van der Waals surface area contributed by atoms with Crippen LogP contribution in [0.3, 0.4) is 0 Å². The molecule has 0 aliphatic carbocycles. The molecule has 1 aromatic heterocycles. The lowest BCUT2D eigenvalue weighted by atomic mass is 9.87. The summed E-state index contributed by atoms with van der Waals surface area (Å²) in [5.41, 5.74) is 3.50. The number of piperidine rings is 1. The Bertz CT molecular complexity index is 977. The van der Waals surface area contributed by atoms with Gasteiger partial charge in [0.2, 0.25) is 5.91 Å². The van der Waals surface area contributed by atoms with Gasteiger partial charge in [-0.3, -0.25) is 14.5 Å². The number of piperazine rings is 1. The molecule has 3 saturated heterocycles. The number of nitrogens with zero attached hydrogens (tertiary/aromatic N) is 4. The maximum atomic E-state index is 12.5. The molecular weight excluding hydrogens is 378 g/mol. The van der Waals surface area contributed by atoms with E-state index < -0.39 is 0 Å². The van der Waals surface area contributed by atoms with Crippen LogP contribution in [0.4, 0.5) is 11.4 Å². The molecule has 0 spiro atoms. The number of halogens is 1. The van der Waals surface area contributed by atoms with Gasteiger partial charge in [0, 0.05) is 37.9 Å². The van der Waals surface area contributed by atoms with E-state index in [0.29, 0.717) is 12.2 Å². The molecule has 8 heteroatoms. The van der Waals surface area contributed by atoms with E-state index in [0.717, 1.165) is 30.8 Å². The Morgan fingerprint density at radius 3 is 2.68 bits per heavy atom. The van der Waals surface area contributed by atoms with Gasteiger partial charge in [0.15, 0.2) is 0 Å². The number of nitrogens with one attached hydrogen (secondary N) is 1. The minimum absolute atomic E-state index is 0.00313. The van der Waals surface area contributed by atoms with Crippen molar-refractivity contribution in [3.8, 4) is 0 Å². The number of benzene rings is 1. The number of rotatable bonds is 4. The molecular formula is C20H24ClN5O2. The number of aromatic nitrogens is 2. The summed E-state index contributed by atoms with van der Waals surface area (Å²) in [5, 5.41) is 7.31. The first-order valence-corrected chi connectivity index (χ1v) is 9.81. The lowest BCUT2D eigenvalue weighted by Crippen LogP contribution is -2.69. The van der Waals surface area contributed by atoms with Crippen LogP contribution < -0.4 is 15.8 Å². The van der Waals surface area contributed by atoms with Gasteiger partial charge in [0.1, 0.15) is 5.02 Å². The molecule has 1 N–H and O–H groups in total. The molecule has 2 bridgehead atoms. The third-order valence-corrected chi connectivity index (χ3v) is 6.08. The lowest BCUT2D eigenvalue weighted by Gasteiger charge is -2.56. The molecule has 0 radical (unpaired) electrons. The maximum absolute atomic E-state index is 12.5. The fourth-order valence-corrected chi connectivity index (χ4v) is 4.46. The first-order chi connectivity index (χ1) is 13.3.